The van der Waals surface area contributed by atoms with Gasteiger partial charge in [0.05, 0.1) is 5.69 Å². The van der Waals surface area contributed by atoms with Gasteiger partial charge in [-0.25, -0.2) is 0 Å². The number of aliphatic imine (C=N–C) groups is 1. The molecule has 0 aromatic heterocycles. The molecule has 1 aromatic carbocycles. The Morgan fingerprint density at radius 3 is 2.55 bits per heavy atom. The summed E-state index contributed by atoms with van der Waals surface area (Å²) in [6.45, 7) is 5.96. The van der Waals surface area contributed by atoms with Gasteiger partial charge in [-0.05, 0) is 49.9 Å². The Kier molecular flexibility index (Phi) is 5.11. The molecule has 2 rings (SSSR count). The van der Waals surface area contributed by atoms with Crippen LogP contribution in [0, 0.1) is 19.8 Å². The quantitative estimate of drug-likeness (QED) is 0.548. The van der Waals surface area contributed by atoms with Crippen molar-refractivity contribution in [2.75, 3.05) is 0 Å². The number of nitrogens with zero attached hydrogens (tertiary/aromatic N) is 1. The first kappa shape index (κ1) is 15.0. The molecule has 0 amide bonds. The smallest absolute Gasteiger partial charge is 0.163 e. The summed E-state index contributed by atoms with van der Waals surface area (Å²) in [6, 6.07) is 4.05. The highest BCUT2D eigenvalue weighted by molar-refractivity contribution is 5.98. The Morgan fingerprint density at radius 2 is 1.90 bits per heavy atom. The SMILES string of the molecule is CC=Nc1cc(C)c(C(=O)CC2CCCCC2)cc1C. The summed E-state index contributed by atoms with van der Waals surface area (Å²) in [5, 5.41) is 0. The molecule has 0 N–H and O–H groups in total. The number of aryl methyl sites for hydroxylation is 2. The van der Waals surface area contributed by atoms with Gasteiger partial charge < -0.3 is 0 Å². The van der Waals surface area contributed by atoms with Crippen LogP contribution in [0.4, 0.5) is 5.69 Å². The summed E-state index contributed by atoms with van der Waals surface area (Å²) in [6.07, 6.45) is 8.89. The second-order valence-electron chi connectivity index (χ2n) is 5.97. The van der Waals surface area contributed by atoms with Crippen molar-refractivity contribution < 1.29 is 4.79 Å². The number of hydrogen-bond acceptors (Lipinski definition) is 2. The van der Waals surface area contributed by atoms with Crippen molar-refractivity contribution in [2.45, 2.75) is 59.3 Å². The Bertz CT molecular complexity index is 510. The lowest BCUT2D eigenvalue weighted by Gasteiger charge is -2.21. The van der Waals surface area contributed by atoms with Crippen LogP contribution in [0.1, 0.15) is 66.9 Å². The fourth-order valence-corrected chi connectivity index (χ4v) is 3.14. The van der Waals surface area contributed by atoms with Crippen LogP contribution in [0.2, 0.25) is 0 Å². The summed E-state index contributed by atoms with van der Waals surface area (Å²) in [5.74, 6) is 0.911. The molecular formula is C18H25NO. The van der Waals surface area contributed by atoms with Gasteiger partial charge in [-0.15, -0.1) is 0 Å². The molecule has 0 saturated heterocycles. The molecule has 0 spiro atoms. The summed E-state index contributed by atoms with van der Waals surface area (Å²) < 4.78 is 0. The van der Waals surface area contributed by atoms with Gasteiger partial charge in [0.25, 0.3) is 0 Å². The number of Topliss-reactive ketones (excluding diaryl/α,β-unsaturated/α-hetero) is 1. The van der Waals surface area contributed by atoms with Gasteiger partial charge in [0, 0.05) is 18.2 Å². The minimum absolute atomic E-state index is 0.310. The van der Waals surface area contributed by atoms with Gasteiger partial charge in [-0.3, -0.25) is 9.79 Å². The third kappa shape index (κ3) is 3.56. The minimum Gasteiger partial charge on any atom is -0.294 e. The lowest BCUT2D eigenvalue weighted by Crippen LogP contribution is -2.13. The van der Waals surface area contributed by atoms with Crippen molar-refractivity contribution in [3.63, 3.8) is 0 Å². The Labute approximate surface area is 122 Å². The number of rotatable bonds is 4. The summed E-state index contributed by atoms with van der Waals surface area (Å²) in [7, 11) is 0. The number of carbonyl (C=O) groups excluding carboxylic acids is 1. The van der Waals surface area contributed by atoms with Crippen LogP contribution in [0.5, 0.6) is 0 Å². The van der Waals surface area contributed by atoms with Crippen LogP contribution in [0.25, 0.3) is 0 Å². The lowest BCUT2D eigenvalue weighted by atomic mass is 9.84. The van der Waals surface area contributed by atoms with Crippen LogP contribution < -0.4 is 0 Å². The van der Waals surface area contributed by atoms with Gasteiger partial charge in [-0.1, -0.05) is 32.1 Å². The Morgan fingerprint density at radius 1 is 1.20 bits per heavy atom. The maximum Gasteiger partial charge on any atom is 0.163 e. The van der Waals surface area contributed by atoms with Gasteiger partial charge in [0.1, 0.15) is 0 Å². The third-order valence-electron chi connectivity index (χ3n) is 4.31. The number of ketones is 1. The maximum atomic E-state index is 12.5. The van der Waals surface area contributed by atoms with Crippen LogP contribution in [0.15, 0.2) is 17.1 Å². The van der Waals surface area contributed by atoms with Crippen LogP contribution in [0.3, 0.4) is 0 Å². The molecular weight excluding hydrogens is 246 g/mol. The van der Waals surface area contributed by atoms with E-state index in [4.69, 9.17) is 0 Å². The molecule has 2 heteroatoms. The minimum atomic E-state index is 0.310. The molecule has 0 radical (unpaired) electrons. The summed E-state index contributed by atoms with van der Waals surface area (Å²) >= 11 is 0. The normalized spacial score (nSPS) is 16.8. The average Bonchev–Trinajstić information content (AvgIpc) is 2.43. The zero-order valence-electron chi connectivity index (χ0n) is 12.9. The predicted molar refractivity (Wildman–Crippen MR) is 85.3 cm³/mol. The van der Waals surface area contributed by atoms with Gasteiger partial charge in [0.15, 0.2) is 5.78 Å². The van der Waals surface area contributed by atoms with Crippen LogP contribution in [-0.2, 0) is 0 Å². The van der Waals surface area contributed by atoms with Crippen molar-refractivity contribution in [3.05, 3.63) is 28.8 Å². The van der Waals surface area contributed by atoms with E-state index < -0.39 is 0 Å². The van der Waals surface area contributed by atoms with Gasteiger partial charge >= 0.3 is 0 Å². The second-order valence-corrected chi connectivity index (χ2v) is 5.97. The predicted octanol–water partition coefficient (Wildman–Crippen LogP) is 5.18. The van der Waals surface area contributed by atoms with E-state index in [1.165, 1.54) is 32.1 Å². The van der Waals surface area contributed by atoms with E-state index in [1.54, 1.807) is 6.21 Å². The molecule has 0 bridgehead atoms. The van der Waals surface area contributed by atoms with E-state index in [2.05, 4.69) is 4.99 Å². The van der Waals surface area contributed by atoms with E-state index in [0.717, 1.165) is 28.8 Å². The fourth-order valence-electron chi connectivity index (χ4n) is 3.14. The van der Waals surface area contributed by atoms with Crippen molar-refractivity contribution in [2.24, 2.45) is 10.9 Å². The molecule has 108 valence electrons. The second kappa shape index (κ2) is 6.83. The molecule has 0 atom stereocenters. The highest BCUT2D eigenvalue weighted by atomic mass is 16.1. The molecule has 1 fully saturated rings. The average molecular weight is 271 g/mol. The van der Waals surface area contributed by atoms with Crippen LogP contribution in [-0.4, -0.2) is 12.0 Å². The van der Waals surface area contributed by atoms with Crippen molar-refractivity contribution in [3.8, 4) is 0 Å². The van der Waals surface area contributed by atoms with Crippen molar-refractivity contribution >= 4 is 17.7 Å². The molecule has 1 saturated carbocycles. The fraction of sp³-hybridized carbons (Fsp3) is 0.556. The summed E-state index contributed by atoms with van der Waals surface area (Å²) in [5.41, 5.74) is 4.00. The Balaban J connectivity index is 2.15. The van der Waals surface area contributed by atoms with E-state index >= 15 is 0 Å². The highest BCUT2D eigenvalue weighted by Crippen LogP contribution is 2.29. The van der Waals surface area contributed by atoms with E-state index in [0.29, 0.717) is 11.7 Å². The molecule has 1 aliphatic rings. The van der Waals surface area contributed by atoms with Gasteiger partial charge in [-0.2, -0.15) is 0 Å². The summed E-state index contributed by atoms with van der Waals surface area (Å²) in [4.78, 5) is 16.9. The first-order valence-corrected chi connectivity index (χ1v) is 7.75. The molecule has 20 heavy (non-hydrogen) atoms. The molecule has 1 aromatic rings. The van der Waals surface area contributed by atoms with Crippen LogP contribution >= 0.6 is 0 Å². The lowest BCUT2D eigenvalue weighted by molar-refractivity contribution is 0.0949. The first-order chi connectivity index (χ1) is 9.61. The zero-order chi connectivity index (χ0) is 14.5. The standard InChI is InChI=1S/C18H25NO/c1-4-19-17-11-13(2)16(10-14(17)3)18(20)12-15-8-6-5-7-9-15/h4,10-11,15H,5-9,12H2,1-3H3. The zero-order valence-corrected chi connectivity index (χ0v) is 12.9. The monoisotopic (exact) mass is 271 g/mol. The third-order valence-corrected chi connectivity index (χ3v) is 4.31. The Hall–Kier alpha value is -1.44. The van der Waals surface area contributed by atoms with E-state index in [-0.39, 0.29) is 0 Å². The van der Waals surface area contributed by atoms with Gasteiger partial charge in [0.2, 0.25) is 0 Å². The number of benzene rings is 1. The molecule has 1 aliphatic carbocycles. The molecule has 0 aliphatic heterocycles. The molecule has 0 heterocycles. The first-order valence-electron chi connectivity index (χ1n) is 7.75. The maximum absolute atomic E-state index is 12.5. The molecule has 0 unspecified atom stereocenters. The van der Waals surface area contributed by atoms with E-state index in [1.807, 2.05) is 32.9 Å². The van der Waals surface area contributed by atoms with Crippen molar-refractivity contribution in [1.82, 2.24) is 0 Å². The number of hydrogen-bond donors (Lipinski definition) is 0. The van der Waals surface area contributed by atoms with Crippen molar-refractivity contribution in [1.29, 1.82) is 0 Å². The largest absolute Gasteiger partial charge is 0.294 e. The highest BCUT2D eigenvalue weighted by Gasteiger charge is 2.19. The van der Waals surface area contributed by atoms with E-state index in [9.17, 15) is 4.79 Å². The topological polar surface area (TPSA) is 29.4 Å². The number of carbonyl (C=O) groups is 1. The molecule has 2 nitrogen and oxygen atoms in total.